The van der Waals surface area contributed by atoms with Gasteiger partial charge in [-0.15, -0.1) is 6.58 Å². The van der Waals surface area contributed by atoms with Gasteiger partial charge >= 0.3 is 0 Å². The van der Waals surface area contributed by atoms with Gasteiger partial charge in [0.05, 0.1) is 12.4 Å². The Morgan fingerprint density at radius 3 is 2.73 bits per heavy atom. The molecule has 0 aliphatic carbocycles. The number of hydrogen-bond acceptors (Lipinski definition) is 4. The van der Waals surface area contributed by atoms with Crippen molar-refractivity contribution in [2.75, 3.05) is 26.0 Å². The van der Waals surface area contributed by atoms with Crippen molar-refractivity contribution in [1.29, 1.82) is 0 Å². The molecular weight excluding hydrogens is 166 g/mol. The van der Waals surface area contributed by atoms with E-state index in [1.807, 2.05) is 0 Å². The fourth-order valence-corrected chi connectivity index (χ4v) is 1.31. The van der Waals surface area contributed by atoms with Gasteiger partial charge in [0.15, 0.2) is 0 Å². The molecule has 0 heterocycles. The molecule has 1 N–H and O–H groups in total. The molecule has 0 amide bonds. The first-order valence-corrected chi connectivity index (χ1v) is 4.82. The summed E-state index contributed by atoms with van der Waals surface area (Å²) in [5.41, 5.74) is 0. The van der Waals surface area contributed by atoms with E-state index in [2.05, 4.69) is 16.1 Å². The van der Waals surface area contributed by atoms with Gasteiger partial charge in [-0.3, -0.25) is 4.18 Å². The second-order valence-electron chi connectivity index (χ2n) is 1.94. The highest BCUT2D eigenvalue weighted by Gasteiger charge is 2.07. The Bertz CT molecular complexity index is 198. The van der Waals surface area contributed by atoms with Crippen LogP contribution in [-0.4, -0.2) is 34.4 Å². The predicted octanol–water partition coefficient (Wildman–Crippen LogP) is -0.262. The fraction of sp³-hybridized carbons (Fsp3) is 0.667. The molecule has 4 nitrogen and oxygen atoms in total. The highest BCUT2D eigenvalue weighted by molar-refractivity contribution is 7.86. The minimum Gasteiger partial charge on any atom is -0.319 e. The highest BCUT2D eigenvalue weighted by Crippen LogP contribution is 1.91. The van der Waals surface area contributed by atoms with Crippen molar-refractivity contribution in [2.24, 2.45) is 0 Å². The van der Waals surface area contributed by atoms with Crippen molar-refractivity contribution in [3.05, 3.63) is 12.7 Å². The van der Waals surface area contributed by atoms with Crippen LogP contribution in [0.5, 0.6) is 0 Å². The van der Waals surface area contributed by atoms with Gasteiger partial charge in [-0.25, -0.2) is 0 Å². The molecule has 0 radical (unpaired) electrons. The summed E-state index contributed by atoms with van der Waals surface area (Å²) < 4.78 is 26.2. The summed E-state index contributed by atoms with van der Waals surface area (Å²) >= 11 is 0. The maximum absolute atomic E-state index is 10.8. The van der Waals surface area contributed by atoms with E-state index >= 15 is 0 Å². The van der Waals surface area contributed by atoms with Crippen molar-refractivity contribution in [3.63, 3.8) is 0 Å². The van der Waals surface area contributed by atoms with Gasteiger partial charge in [-0.05, 0) is 7.05 Å². The van der Waals surface area contributed by atoms with E-state index in [4.69, 9.17) is 0 Å². The van der Waals surface area contributed by atoms with E-state index in [1.54, 1.807) is 7.05 Å². The second kappa shape index (κ2) is 5.29. The van der Waals surface area contributed by atoms with E-state index in [1.165, 1.54) is 6.08 Å². The van der Waals surface area contributed by atoms with Gasteiger partial charge in [0.25, 0.3) is 10.1 Å². The lowest BCUT2D eigenvalue weighted by molar-refractivity contribution is 0.357. The molecule has 0 aliphatic rings. The third-order valence-corrected chi connectivity index (χ3v) is 2.17. The lowest BCUT2D eigenvalue weighted by atomic mass is 10.7. The first kappa shape index (κ1) is 10.6. The molecule has 0 fully saturated rings. The maximum atomic E-state index is 10.8. The van der Waals surface area contributed by atoms with E-state index in [9.17, 15) is 8.42 Å². The second-order valence-corrected chi connectivity index (χ2v) is 3.70. The SMILES string of the molecule is C=CCOS(=O)(=O)CCNC. The summed E-state index contributed by atoms with van der Waals surface area (Å²) in [6, 6.07) is 0. The van der Waals surface area contributed by atoms with Crippen LogP contribution in [0.3, 0.4) is 0 Å². The minimum atomic E-state index is -3.34. The van der Waals surface area contributed by atoms with Crippen LogP contribution in [0.4, 0.5) is 0 Å². The first-order chi connectivity index (χ1) is 5.12. The quantitative estimate of drug-likeness (QED) is 0.451. The predicted molar refractivity (Wildman–Crippen MR) is 43.9 cm³/mol. The zero-order valence-corrected chi connectivity index (χ0v) is 7.36. The van der Waals surface area contributed by atoms with Crippen LogP contribution in [0.1, 0.15) is 0 Å². The Labute approximate surface area is 67.4 Å². The van der Waals surface area contributed by atoms with Gasteiger partial charge in [0.2, 0.25) is 0 Å². The molecule has 0 aliphatic heterocycles. The molecule has 0 atom stereocenters. The van der Waals surface area contributed by atoms with Crippen molar-refractivity contribution >= 4 is 10.1 Å². The van der Waals surface area contributed by atoms with Gasteiger partial charge in [-0.2, -0.15) is 8.42 Å². The molecule has 11 heavy (non-hydrogen) atoms. The molecule has 66 valence electrons. The maximum Gasteiger partial charge on any atom is 0.268 e. The molecule has 0 rings (SSSR count). The van der Waals surface area contributed by atoms with E-state index < -0.39 is 10.1 Å². The van der Waals surface area contributed by atoms with Crippen LogP contribution in [0, 0.1) is 0 Å². The normalized spacial score (nSPS) is 11.4. The van der Waals surface area contributed by atoms with Crippen LogP contribution < -0.4 is 5.32 Å². The lowest BCUT2D eigenvalue weighted by Crippen LogP contribution is -2.21. The largest absolute Gasteiger partial charge is 0.319 e. The smallest absolute Gasteiger partial charge is 0.268 e. The zero-order chi connectivity index (χ0) is 8.74. The highest BCUT2D eigenvalue weighted by atomic mass is 32.2. The summed E-state index contributed by atoms with van der Waals surface area (Å²) in [7, 11) is -1.66. The van der Waals surface area contributed by atoms with Crippen LogP contribution in [-0.2, 0) is 14.3 Å². The topological polar surface area (TPSA) is 55.4 Å². The zero-order valence-electron chi connectivity index (χ0n) is 6.54. The third kappa shape index (κ3) is 6.03. The van der Waals surface area contributed by atoms with Crippen LogP contribution in [0.25, 0.3) is 0 Å². The molecule has 5 heteroatoms. The van der Waals surface area contributed by atoms with Crippen molar-refractivity contribution in [1.82, 2.24) is 5.32 Å². The average molecular weight is 179 g/mol. The molecule has 0 aromatic rings. The Morgan fingerprint density at radius 2 is 2.27 bits per heavy atom. The third-order valence-electron chi connectivity index (χ3n) is 0.968. The van der Waals surface area contributed by atoms with E-state index in [0.717, 1.165) is 0 Å². The standard InChI is InChI=1S/C6H13NO3S/c1-3-5-10-11(8,9)6-4-7-2/h3,7H,1,4-6H2,2H3. The van der Waals surface area contributed by atoms with Crippen molar-refractivity contribution in [3.8, 4) is 0 Å². The van der Waals surface area contributed by atoms with E-state index in [0.29, 0.717) is 6.54 Å². The Kier molecular flexibility index (Phi) is 5.10. The number of rotatable bonds is 6. The van der Waals surface area contributed by atoms with Crippen LogP contribution >= 0.6 is 0 Å². The van der Waals surface area contributed by atoms with Gasteiger partial charge in [-0.1, -0.05) is 6.08 Å². The number of hydrogen-bond donors (Lipinski definition) is 1. The monoisotopic (exact) mass is 179 g/mol. The number of nitrogens with one attached hydrogen (secondary N) is 1. The molecular formula is C6H13NO3S. The first-order valence-electron chi connectivity index (χ1n) is 3.25. The van der Waals surface area contributed by atoms with Gasteiger partial charge in [0.1, 0.15) is 0 Å². The Morgan fingerprint density at radius 1 is 1.64 bits per heavy atom. The molecule has 0 spiro atoms. The summed E-state index contributed by atoms with van der Waals surface area (Å²) in [5.74, 6) is -0.00264. The van der Waals surface area contributed by atoms with Crippen molar-refractivity contribution < 1.29 is 12.6 Å². The molecule has 0 aromatic carbocycles. The minimum absolute atomic E-state index is 0.00264. The molecule has 0 unspecified atom stereocenters. The average Bonchev–Trinajstić information content (AvgIpc) is 1.97. The molecule has 0 aromatic heterocycles. The summed E-state index contributed by atoms with van der Waals surface area (Å²) in [6.45, 7) is 3.79. The molecule has 0 bridgehead atoms. The lowest BCUT2D eigenvalue weighted by Gasteiger charge is -2.01. The summed E-state index contributed by atoms with van der Waals surface area (Å²) in [6.07, 6.45) is 1.40. The van der Waals surface area contributed by atoms with Crippen LogP contribution in [0.2, 0.25) is 0 Å². The molecule has 0 saturated carbocycles. The Hall–Kier alpha value is -0.390. The van der Waals surface area contributed by atoms with E-state index in [-0.39, 0.29) is 12.4 Å². The van der Waals surface area contributed by atoms with Crippen LogP contribution in [0.15, 0.2) is 12.7 Å². The Balaban J connectivity index is 3.71. The van der Waals surface area contributed by atoms with Gasteiger partial charge in [0, 0.05) is 6.54 Å². The summed E-state index contributed by atoms with van der Waals surface area (Å²) in [4.78, 5) is 0. The summed E-state index contributed by atoms with van der Waals surface area (Å²) in [5, 5.41) is 2.72. The molecule has 0 saturated heterocycles. The van der Waals surface area contributed by atoms with Gasteiger partial charge < -0.3 is 5.32 Å². The fourth-order valence-electron chi connectivity index (χ4n) is 0.438. The van der Waals surface area contributed by atoms with Crippen molar-refractivity contribution in [2.45, 2.75) is 0 Å².